The third-order valence-electron chi connectivity index (χ3n) is 6.04. The van der Waals surface area contributed by atoms with Crippen LogP contribution in [0.25, 0.3) is 0 Å². The fourth-order valence-corrected chi connectivity index (χ4v) is 39.4. The molecule has 0 amide bonds. The lowest BCUT2D eigenvalue weighted by Gasteiger charge is -2.58. The molecule has 4 aliphatic carbocycles. The summed E-state index contributed by atoms with van der Waals surface area (Å²) in [5.74, 6) is 2.71. The van der Waals surface area contributed by atoms with E-state index in [2.05, 4.69) is 39.3 Å². The highest BCUT2D eigenvalue weighted by molar-refractivity contribution is 8.27. The van der Waals surface area contributed by atoms with E-state index < -0.39 is 15.5 Å². The zero-order valence-corrected chi connectivity index (χ0v) is 17.7. The van der Waals surface area contributed by atoms with Gasteiger partial charge in [0.25, 0.3) is 0 Å². The van der Waals surface area contributed by atoms with Crippen LogP contribution in [0.2, 0.25) is 39.3 Å². The molecule has 4 heteroatoms. The normalized spacial score (nSPS) is 39.1. The van der Waals surface area contributed by atoms with Crippen LogP contribution in [0.3, 0.4) is 0 Å². The lowest BCUT2D eigenvalue weighted by molar-refractivity contribution is -0.134. The molecule has 0 aliphatic heterocycles. The molecule has 0 aromatic rings. The van der Waals surface area contributed by atoms with Crippen molar-refractivity contribution in [3.63, 3.8) is 0 Å². The molecule has 0 radical (unpaired) electrons. The van der Waals surface area contributed by atoms with Crippen LogP contribution in [0.15, 0.2) is 0 Å². The summed E-state index contributed by atoms with van der Waals surface area (Å²) in [6, 6.07) is 0. The molecule has 0 aromatic carbocycles. The van der Waals surface area contributed by atoms with Crippen LogP contribution >= 0.6 is 7.02 Å². The monoisotopic (exact) mass is 340 g/mol. The Morgan fingerprint density at radius 3 is 1.43 bits per heavy atom. The Morgan fingerprint density at radius 2 is 1.14 bits per heavy atom. The summed E-state index contributed by atoms with van der Waals surface area (Å²) in [6.07, 6.45) is 8.15. The summed E-state index contributed by atoms with van der Waals surface area (Å²) < 4.78 is 0. The highest BCUT2D eigenvalue weighted by Crippen LogP contribution is 2.67. The van der Waals surface area contributed by atoms with Gasteiger partial charge in [-0.2, -0.15) is 0 Å². The first-order valence-electron chi connectivity index (χ1n) is 8.86. The number of carbonyl (C=O) groups excluding carboxylic acids is 1. The first kappa shape index (κ1) is 16.4. The van der Waals surface area contributed by atoms with Crippen molar-refractivity contribution in [1.29, 1.82) is 0 Å². The van der Waals surface area contributed by atoms with E-state index in [0.717, 1.165) is 23.3 Å². The van der Waals surface area contributed by atoms with Gasteiger partial charge in [-0.3, -0.25) is 4.79 Å². The number of carbonyl (C=O) groups is 1. The first-order chi connectivity index (χ1) is 9.51. The van der Waals surface area contributed by atoms with Gasteiger partial charge in [0.15, 0.2) is 5.52 Å². The van der Waals surface area contributed by atoms with Crippen LogP contribution in [-0.4, -0.2) is 21.0 Å². The number of rotatable bonds is 4. The minimum Gasteiger partial charge on any atom is -0.295 e. The Labute approximate surface area is 134 Å². The zero-order valence-electron chi connectivity index (χ0n) is 14.8. The second-order valence-corrected chi connectivity index (χ2v) is 32.0. The van der Waals surface area contributed by atoms with Gasteiger partial charge in [-0.15, -0.1) is 0 Å². The molecule has 1 nitrogen and oxygen atoms in total. The summed E-state index contributed by atoms with van der Waals surface area (Å²) in [4.78, 5) is 13.8. The van der Waals surface area contributed by atoms with Crippen molar-refractivity contribution in [2.75, 3.05) is 0 Å². The van der Waals surface area contributed by atoms with Gasteiger partial charge in [-0.1, -0.05) is 46.3 Å². The highest BCUT2D eigenvalue weighted by atomic mass is 31.6. The van der Waals surface area contributed by atoms with Crippen LogP contribution < -0.4 is 0 Å². The third kappa shape index (κ3) is 2.87. The van der Waals surface area contributed by atoms with Crippen LogP contribution in [0.5, 0.6) is 0 Å². The van der Waals surface area contributed by atoms with E-state index in [4.69, 9.17) is 0 Å². The van der Waals surface area contributed by atoms with Crippen molar-refractivity contribution in [2.24, 2.45) is 23.2 Å². The Hall–Kier alpha value is 0.534. The highest BCUT2D eigenvalue weighted by Gasteiger charge is 2.58. The molecule has 0 aromatic heterocycles. The third-order valence-corrected chi connectivity index (χ3v) is 30.9. The van der Waals surface area contributed by atoms with Gasteiger partial charge < -0.3 is 0 Å². The maximum atomic E-state index is 13.8. The van der Waals surface area contributed by atoms with Crippen molar-refractivity contribution in [1.82, 2.24) is 0 Å². The summed E-state index contributed by atoms with van der Waals surface area (Å²) in [6.45, 7) is 14.8. The standard InChI is InChI=1S/C17H33OPSi2/c1-20(2,3)19(21(4,5)6)16(18)17-10-13-7-14(11-17)9-15(8-13)12-17/h13-15H,7-12H2,1-6H3. The van der Waals surface area contributed by atoms with E-state index >= 15 is 0 Å². The van der Waals surface area contributed by atoms with Crippen molar-refractivity contribution in [3.05, 3.63) is 0 Å². The summed E-state index contributed by atoms with van der Waals surface area (Å²) in [5, 5.41) is 0. The van der Waals surface area contributed by atoms with E-state index in [0.29, 0.717) is 0 Å². The van der Waals surface area contributed by atoms with Gasteiger partial charge in [0, 0.05) is 5.41 Å². The fraction of sp³-hybridized carbons (Fsp3) is 0.941. The summed E-state index contributed by atoms with van der Waals surface area (Å²) in [5.41, 5.74) is 0.969. The van der Waals surface area contributed by atoms with Crippen molar-refractivity contribution >= 4 is 28.0 Å². The molecule has 0 atom stereocenters. The predicted octanol–water partition coefficient (Wildman–Crippen LogP) is 5.88. The zero-order chi connectivity index (χ0) is 15.6. The molecule has 120 valence electrons. The fourth-order valence-electron chi connectivity index (χ4n) is 6.23. The van der Waals surface area contributed by atoms with Gasteiger partial charge in [0.1, 0.15) is 0 Å². The quantitative estimate of drug-likeness (QED) is 0.461. The summed E-state index contributed by atoms with van der Waals surface area (Å²) in [7, 11) is -3.05. The molecule has 0 heterocycles. The molecular formula is C17H33OPSi2. The van der Waals surface area contributed by atoms with Gasteiger partial charge in [0.2, 0.25) is 0 Å². The molecule has 4 bridgehead atoms. The molecular weight excluding hydrogens is 307 g/mol. The average Bonchev–Trinajstić information content (AvgIpc) is 2.22. The van der Waals surface area contributed by atoms with Crippen LogP contribution in [0, 0.1) is 23.2 Å². The van der Waals surface area contributed by atoms with Crippen molar-refractivity contribution in [3.8, 4) is 0 Å². The van der Waals surface area contributed by atoms with Gasteiger partial charge in [-0.05, 0) is 56.3 Å². The minimum absolute atomic E-state index is 0.154. The van der Waals surface area contributed by atoms with Crippen molar-refractivity contribution in [2.45, 2.75) is 77.8 Å². The first-order valence-corrected chi connectivity index (χ1v) is 18.9. The van der Waals surface area contributed by atoms with E-state index in [1.807, 2.05) is 0 Å². The lowest BCUT2D eigenvalue weighted by Crippen LogP contribution is -2.52. The van der Waals surface area contributed by atoms with Crippen LogP contribution in [-0.2, 0) is 4.79 Å². The van der Waals surface area contributed by atoms with E-state index in [1.165, 1.54) is 38.5 Å². The van der Waals surface area contributed by atoms with E-state index in [-0.39, 0.29) is 12.4 Å². The Balaban J connectivity index is 1.93. The molecule has 4 aliphatic rings. The lowest BCUT2D eigenvalue weighted by atomic mass is 9.50. The average molecular weight is 341 g/mol. The van der Waals surface area contributed by atoms with Crippen molar-refractivity contribution < 1.29 is 4.79 Å². The molecule has 4 rings (SSSR count). The number of hydrogen-bond donors (Lipinski definition) is 0. The van der Waals surface area contributed by atoms with E-state index in [9.17, 15) is 4.79 Å². The maximum Gasteiger partial charge on any atom is 0.152 e. The second-order valence-electron chi connectivity index (χ2n) is 10.2. The predicted molar refractivity (Wildman–Crippen MR) is 99.2 cm³/mol. The number of hydrogen-bond acceptors (Lipinski definition) is 1. The molecule has 21 heavy (non-hydrogen) atoms. The van der Waals surface area contributed by atoms with Crippen LogP contribution in [0.1, 0.15) is 38.5 Å². The minimum atomic E-state index is -1.36. The molecule has 0 saturated heterocycles. The topological polar surface area (TPSA) is 17.1 Å². The summed E-state index contributed by atoms with van der Waals surface area (Å²) >= 11 is 0. The largest absolute Gasteiger partial charge is 0.295 e. The van der Waals surface area contributed by atoms with Gasteiger partial charge in [0.05, 0.1) is 15.5 Å². The SMILES string of the molecule is C[Si](C)(C)P(C(=O)C12CC3CC(CC(C3)C1)C2)[Si](C)(C)C. The van der Waals surface area contributed by atoms with E-state index in [1.54, 1.807) is 0 Å². The second kappa shape index (κ2) is 5.01. The Bertz CT molecular complexity index is 397. The van der Waals surface area contributed by atoms with Crippen LogP contribution in [0.4, 0.5) is 0 Å². The molecule has 4 saturated carbocycles. The smallest absolute Gasteiger partial charge is 0.152 e. The molecule has 0 spiro atoms. The molecule has 0 unspecified atom stereocenters. The molecule has 4 fully saturated rings. The Morgan fingerprint density at radius 1 is 0.810 bits per heavy atom. The molecule has 0 N–H and O–H groups in total. The van der Waals surface area contributed by atoms with Gasteiger partial charge in [-0.25, -0.2) is 0 Å². The Kier molecular flexibility index (Phi) is 3.91. The maximum absolute atomic E-state index is 13.8. The van der Waals surface area contributed by atoms with Gasteiger partial charge >= 0.3 is 0 Å².